The molecule has 3 aromatic rings. The lowest BCUT2D eigenvalue weighted by atomic mass is 9.47. The Kier molecular flexibility index (Phi) is 9.70. The number of nitrogens with one attached hydrogen (secondary N) is 1. The van der Waals surface area contributed by atoms with Crippen LogP contribution in [0, 0.1) is 11.3 Å². The van der Waals surface area contributed by atoms with E-state index in [1.54, 1.807) is 24.3 Å². The van der Waals surface area contributed by atoms with Crippen molar-refractivity contribution in [3.05, 3.63) is 64.9 Å². The summed E-state index contributed by atoms with van der Waals surface area (Å²) in [7, 11) is 4.01. The summed E-state index contributed by atoms with van der Waals surface area (Å²) in [4.78, 5) is 66.0. The first-order chi connectivity index (χ1) is 29.2. The smallest absolute Gasteiger partial charge is 0.344 e. The standard InChI is InChI=1S/C46H56N4O11/c1-7-42(56)21-27-22-45(40(54)59-5,36-29(12-16-48(23-27)24-42)30-18-28(53)10-11-33(30)47-36)32-19-31-34(20-35(32)58-4)50(25-51)38-44(31)14-17-49-15-9-13-43(8-2,37(44)49)39(61-26(3)52)46(38,57)41(55)60-6/h9-11,13,18-20,25,27,37-39,47,53,56-57H,7-8,12,14-17,21-24H2,1-6H3/t27-,37+,38?,39-,42+,43-,44-,45+,46+/m1/s1. The first-order valence-corrected chi connectivity index (χ1v) is 21.4. The van der Waals surface area contributed by atoms with Crippen LogP contribution in [0.2, 0.25) is 0 Å². The summed E-state index contributed by atoms with van der Waals surface area (Å²) in [6.07, 6.45) is 5.46. The lowest BCUT2D eigenvalue weighted by Crippen LogP contribution is -2.81. The molecule has 1 spiro atoms. The number of carbonyl (C=O) groups is 4. The zero-order valence-electron chi connectivity index (χ0n) is 35.7. The number of amides is 1. The zero-order valence-corrected chi connectivity index (χ0v) is 35.7. The zero-order chi connectivity index (χ0) is 43.4. The highest BCUT2D eigenvalue weighted by atomic mass is 16.6. The van der Waals surface area contributed by atoms with Crippen molar-refractivity contribution >= 4 is 40.9 Å². The number of aromatic amines is 1. The van der Waals surface area contributed by atoms with Crippen LogP contribution >= 0.6 is 0 Å². The van der Waals surface area contributed by atoms with E-state index >= 15 is 4.79 Å². The van der Waals surface area contributed by atoms with Crippen LogP contribution in [-0.2, 0) is 50.6 Å². The number of H-pyrrole nitrogens is 1. The second-order valence-electron chi connectivity index (χ2n) is 18.3. The lowest BCUT2D eigenvalue weighted by Gasteiger charge is -2.63. The third-order valence-corrected chi connectivity index (χ3v) is 15.6. The minimum atomic E-state index is -2.56. The van der Waals surface area contributed by atoms with Gasteiger partial charge in [-0.25, -0.2) is 4.79 Å². The van der Waals surface area contributed by atoms with Gasteiger partial charge in [-0.05, 0) is 86.4 Å². The SMILES string of the molecule is CC[C@]1(O)C[C@H]2CN(CCc3c([nH]c4ccc(O)cc34)[C@@](C(=O)OC)(c3cc4c(cc3OC)N(C=O)C3[C@]45CCN4CC=C[C@@](CC)([C@@H](OC(C)=O)[C@]3(O)C(=O)OC)[C@H]45)C2)C1. The fourth-order valence-corrected chi connectivity index (χ4v) is 13.4. The predicted molar refractivity (Wildman–Crippen MR) is 222 cm³/mol. The molecule has 2 aromatic carbocycles. The van der Waals surface area contributed by atoms with Gasteiger partial charge in [0, 0.05) is 78.2 Å². The Bertz CT molecular complexity index is 2360. The van der Waals surface area contributed by atoms with Crippen LogP contribution < -0.4 is 9.64 Å². The maximum absolute atomic E-state index is 15.3. The quantitative estimate of drug-likeness (QED) is 0.112. The molecule has 10 atom stereocenters. The molecule has 1 aromatic heterocycles. The van der Waals surface area contributed by atoms with E-state index in [1.165, 1.54) is 26.0 Å². The van der Waals surface area contributed by atoms with E-state index in [-0.39, 0.29) is 23.8 Å². The van der Waals surface area contributed by atoms with Gasteiger partial charge in [0.05, 0.1) is 38.7 Å². The van der Waals surface area contributed by atoms with Crippen molar-refractivity contribution in [2.24, 2.45) is 11.3 Å². The van der Waals surface area contributed by atoms with Crippen LogP contribution in [0.4, 0.5) is 5.69 Å². The molecule has 1 aliphatic carbocycles. The highest BCUT2D eigenvalue weighted by molar-refractivity contribution is 5.97. The van der Waals surface area contributed by atoms with Crippen LogP contribution in [-0.4, -0.2) is 138 Å². The number of aliphatic hydroxyl groups is 2. The third-order valence-electron chi connectivity index (χ3n) is 15.6. The average molecular weight is 841 g/mol. The summed E-state index contributed by atoms with van der Waals surface area (Å²) >= 11 is 0. The summed E-state index contributed by atoms with van der Waals surface area (Å²) in [5.74, 6) is -2.19. The number of methoxy groups -OCH3 is 3. The van der Waals surface area contributed by atoms with E-state index < -0.39 is 63.5 Å². The number of anilines is 1. The molecule has 9 rings (SSSR count). The number of aromatic hydroxyl groups is 1. The molecule has 2 bridgehead atoms. The summed E-state index contributed by atoms with van der Waals surface area (Å²) in [6.45, 7) is 7.88. The van der Waals surface area contributed by atoms with E-state index in [9.17, 15) is 29.7 Å². The molecule has 0 radical (unpaired) electrons. The normalized spacial score (nSPS) is 36.1. The molecule has 15 nitrogen and oxygen atoms in total. The third kappa shape index (κ3) is 5.42. The van der Waals surface area contributed by atoms with Gasteiger partial charge in [0.25, 0.3) is 0 Å². The van der Waals surface area contributed by atoms with Gasteiger partial charge in [-0.2, -0.15) is 0 Å². The summed E-state index contributed by atoms with van der Waals surface area (Å²) < 4.78 is 23.6. The molecule has 15 heteroatoms. The monoisotopic (exact) mass is 840 g/mol. The number of nitrogens with zero attached hydrogens (tertiary/aromatic N) is 3. The number of phenols is 1. The fraction of sp³-hybridized carbons (Fsp3) is 0.565. The van der Waals surface area contributed by atoms with Gasteiger partial charge >= 0.3 is 17.9 Å². The number of carbonyl (C=O) groups excluding carboxylic acids is 4. The maximum Gasteiger partial charge on any atom is 0.344 e. The van der Waals surface area contributed by atoms with Crippen molar-refractivity contribution in [2.45, 2.75) is 99.5 Å². The maximum atomic E-state index is 15.3. The molecular formula is C46H56N4O11. The van der Waals surface area contributed by atoms with Crippen molar-refractivity contribution in [3.8, 4) is 11.5 Å². The second-order valence-corrected chi connectivity index (χ2v) is 18.3. The van der Waals surface area contributed by atoms with Gasteiger partial charge in [-0.1, -0.05) is 26.0 Å². The molecular weight excluding hydrogens is 785 g/mol. The Balaban J connectivity index is 1.38. The van der Waals surface area contributed by atoms with Crippen LogP contribution in [0.1, 0.15) is 75.3 Å². The van der Waals surface area contributed by atoms with Gasteiger partial charge in [-0.3, -0.25) is 24.2 Å². The Labute approximate surface area is 354 Å². The average Bonchev–Trinajstić information content (AvgIpc) is 3.92. The fourth-order valence-electron chi connectivity index (χ4n) is 13.4. The van der Waals surface area contributed by atoms with E-state index in [0.29, 0.717) is 99.3 Å². The van der Waals surface area contributed by atoms with Crippen molar-refractivity contribution in [2.75, 3.05) is 59.0 Å². The summed E-state index contributed by atoms with van der Waals surface area (Å²) in [5.41, 5.74) is -3.91. The number of phenolic OH excluding ortho intramolecular Hbond substituents is 1. The van der Waals surface area contributed by atoms with Crippen molar-refractivity contribution in [3.63, 3.8) is 0 Å². The van der Waals surface area contributed by atoms with Crippen molar-refractivity contribution < 1.29 is 53.4 Å². The van der Waals surface area contributed by atoms with E-state index in [0.717, 1.165) is 18.1 Å². The molecule has 326 valence electrons. The minimum Gasteiger partial charge on any atom is -0.508 e. The Hall–Kier alpha value is -4.96. The molecule has 61 heavy (non-hydrogen) atoms. The molecule has 1 saturated carbocycles. The Morgan fingerprint density at radius 1 is 0.967 bits per heavy atom. The highest BCUT2D eigenvalue weighted by Gasteiger charge is 2.81. The van der Waals surface area contributed by atoms with Crippen molar-refractivity contribution in [1.82, 2.24) is 14.8 Å². The molecule has 2 saturated heterocycles. The predicted octanol–water partition coefficient (Wildman–Crippen LogP) is 3.22. The Morgan fingerprint density at radius 2 is 1.74 bits per heavy atom. The van der Waals surface area contributed by atoms with Crippen LogP contribution in [0.5, 0.6) is 11.5 Å². The highest BCUT2D eigenvalue weighted by Crippen LogP contribution is 2.68. The van der Waals surface area contributed by atoms with Crippen LogP contribution in [0.15, 0.2) is 42.5 Å². The summed E-state index contributed by atoms with van der Waals surface area (Å²) in [6, 6.07) is 6.91. The van der Waals surface area contributed by atoms with E-state index in [1.807, 2.05) is 32.1 Å². The summed E-state index contributed by atoms with van der Waals surface area (Å²) in [5, 5.41) is 36.8. The molecule has 4 N–H and O–H groups in total. The first kappa shape index (κ1) is 41.4. The molecule has 1 amide bonds. The van der Waals surface area contributed by atoms with Gasteiger partial charge in [0.2, 0.25) is 12.0 Å². The minimum absolute atomic E-state index is 0.0700. The molecule has 6 heterocycles. The number of fused-ring (bicyclic) bond motifs is 6. The molecule has 5 aliphatic heterocycles. The Morgan fingerprint density at radius 3 is 2.41 bits per heavy atom. The number of esters is 3. The number of aromatic nitrogens is 1. The lowest BCUT2D eigenvalue weighted by molar-refractivity contribution is -0.228. The van der Waals surface area contributed by atoms with Gasteiger partial charge in [0.1, 0.15) is 16.9 Å². The number of benzene rings is 2. The number of ether oxygens (including phenoxy) is 4. The van der Waals surface area contributed by atoms with Crippen LogP contribution in [0.25, 0.3) is 10.9 Å². The van der Waals surface area contributed by atoms with Crippen molar-refractivity contribution in [1.29, 1.82) is 0 Å². The number of piperidine rings is 1. The largest absolute Gasteiger partial charge is 0.508 e. The van der Waals surface area contributed by atoms with Gasteiger partial charge in [0.15, 0.2) is 6.10 Å². The van der Waals surface area contributed by atoms with Crippen LogP contribution in [0.3, 0.4) is 0 Å². The second kappa shape index (κ2) is 14.3. The first-order valence-electron chi connectivity index (χ1n) is 21.4. The van der Waals surface area contributed by atoms with E-state index in [2.05, 4.69) is 14.8 Å². The van der Waals surface area contributed by atoms with Gasteiger partial charge < -0.3 is 44.2 Å². The van der Waals surface area contributed by atoms with Gasteiger partial charge in [-0.15, -0.1) is 0 Å². The topological polar surface area (TPSA) is 191 Å². The number of hydrogen-bond donors (Lipinski definition) is 4. The number of hydrogen-bond acceptors (Lipinski definition) is 13. The molecule has 2 unspecified atom stereocenters. The number of rotatable bonds is 8. The molecule has 3 fully saturated rings. The molecule has 6 aliphatic rings. The van der Waals surface area contributed by atoms with E-state index in [4.69, 9.17) is 18.9 Å².